The van der Waals surface area contributed by atoms with Crippen LogP contribution in [0.3, 0.4) is 0 Å². The van der Waals surface area contributed by atoms with Crippen molar-refractivity contribution in [3.63, 3.8) is 0 Å². The fourth-order valence-corrected chi connectivity index (χ4v) is 5.65. The maximum atomic E-state index is 9.10. The number of carbonyl (C=O) groups is 6. The van der Waals surface area contributed by atoms with Crippen LogP contribution in [-0.2, 0) is 134 Å². The summed E-state index contributed by atoms with van der Waals surface area (Å²) in [7, 11) is 0. The molecule has 0 saturated heterocycles. The zero-order chi connectivity index (χ0) is 45.4. The molecule has 0 bridgehead atoms. The van der Waals surface area contributed by atoms with Gasteiger partial charge in [0.05, 0.1) is 0 Å². The molecule has 5 fully saturated rings. The Labute approximate surface area is 475 Å². The zero-order valence-corrected chi connectivity index (χ0v) is 49.0. The molecule has 0 radical (unpaired) electrons. The fourth-order valence-electron chi connectivity index (χ4n) is 5.65. The second kappa shape index (κ2) is 65.6. The third-order valence-corrected chi connectivity index (χ3v) is 9.38. The number of aliphatic carboxylic acids is 6. The molecule has 33 heteroatoms. The minimum atomic E-state index is -1.82. The summed E-state index contributed by atoms with van der Waals surface area (Å²) in [6, 6.07) is -0.799. The van der Waals surface area contributed by atoms with Crippen molar-refractivity contribution in [1.29, 1.82) is 0 Å². The standard InChI is InChI=1S/5C6H12N2.3C2H2O4.6H2O.5Pt/c5*7-5-3-1-2-4-6(5)8;3*3-1(4)2(5)6;;;;;;;;;;;/h5*5-8H,1-4H2;3*(H,3,4)(H,5,6);6*1H2;;;;;/q5*-2;;;;;;;;;;5*+2/t5*5-,6-;;;;;;;;;;;;;;/m11100............../s1. The van der Waals surface area contributed by atoms with Crippen LogP contribution in [0.25, 0.3) is 57.3 Å². The minimum Gasteiger partial charge on any atom is -0.676 e. The predicted octanol–water partition coefficient (Wildman–Crippen LogP) is 4.52. The van der Waals surface area contributed by atoms with Gasteiger partial charge in [-0.05, 0) is 0 Å². The van der Waals surface area contributed by atoms with Gasteiger partial charge in [0, 0.05) is 0 Å². The molecule has 0 aromatic carbocycles. The summed E-state index contributed by atoms with van der Waals surface area (Å²) in [6.45, 7) is 0. The third kappa shape index (κ3) is 65.6. The monoisotopic (exact) mass is 1910 g/mol. The first-order valence-corrected chi connectivity index (χ1v) is 19.5. The third-order valence-electron chi connectivity index (χ3n) is 9.38. The van der Waals surface area contributed by atoms with E-state index in [1.807, 2.05) is 0 Å². The Morgan fingerprint density at radius 1 is 0.217 bits per heavy atom. The molecule has 0 aliphatic heterocycles. The van der Waals surface area contributed by atoms with Gasteiger partial charge in [-0.1, -0.05) is 128 Å². The zero-order valence-electron chi connectivity index (χ0n) is 37.6. The molecular formula is C36H78N10O18Pt5. The first-order valence-electron chi connectivity index (χ1n) is 19.5. The number of hydrogen-bond donors (Lipinski definition) is 6. The van der Waals surface area contributed by atoms with Crippen LogP contribution in [0.2, 0.25) is 0 Å². The summed E-state index contributed by atoms with van der Waals surface area (Å²) in [5, 5.41) is 44.3. The van der Waals surface area contributed by atoms with Gasteiger partial charge in [0.2, 0.25) is 0 Å². The molecule has 28 nitrogen and oxygen atoms in total. The smallest absolute Gasteiger partial charge is 0.676 e. The van der Waals surface area contributed by atoms with Crippen LogP contribution in [0.15, 0.2) is 0 Å². The topological polar surface area (TPSA) is 651 Å². The van der Waals surface area contributed by atoms with Gasteiger partial charge in [-0.2, -0.15) is 60.4 Å². The number of rotatable bonds is 0. The van der Waals surface area contributed by atoms with E-state index in [1.165, 1.54) is 64.2 Å². The average molecular weight is 1910 g/mol. The largest absolute Gasteiger partial charge is 2.00 e. The second-order valence-corrected chi connectivity index (χ2v) is 14.3. The van der Waals surface area contributed by atoms with Crippen LogP contribution in [-0.4, -0.2) is 160 Å². The molecule has 5 rings (SSSR count). The Balaban J connectivity index is -0.0000000410. The van der Waals surface area contributed by atoms with Gasteiger partial charge in [-0.15, -0.1) is 0 Å². The Morgan fingerprint density at radius 3 is 0.304 bits per heavy atom. The van der Waals surface area contributed by atoms with Crippen molar-refractivity contribution >= 4 is 35.8 Å². The van der Waals surface area contributed by atoms with E-state index in [9.17, 15) is 0 Å². The quantitative estimate of drug-likeness (QED) is 0.182. The van der Waals surface area contributed by atoms with Gasteiger partial charge in [0.15, 0.2) is 0 Å². The molecule has 0 spiro atoms. The molecule has 430 valence electrons. The van der Waals surface area contributed by atoms with Gasteiger partial charge < -0.3 is 121 Å². The van der Waals surface area contributed by atoms with Crippen molar-refractivity contribution in [2.24, 2.45) is 0 Å². The molecule has 5 saturated carbocycles. The van der Waals surface area contributed by atoms with Crippen LogP contribution in [0, 0.1) is 0 Å². The number of carboxylic acids is 6. The molecule has 10 atom stereocenters. The Morgan fingerprint density at radius 2 is 0.275 bits per heavy atom. The molecule has 5 aliphatic rings. The summed E-state index contributed by atoms with van der Waals surface area (Å²) in [5.41, 5.74) is 72.9. The Bertz CT molecular complexity index is 938. The summed E-state index contributed by atoms with van der Waals surface area (Å²) in [5.74, 6) is -10.9. The molecule has 28 N–H and O–H groups in total. The van der Waals surface area contributed by atoms with E-state index in [-0.39, 0.29) is 199 Å². The van der Waals surface area contributed by atoms with E-state index >= 15 is 0 Å². The number of carboxylic acid groups (broad SMARTS) is 6. The molecule has 0 heterocycles. The molecule has 0 aromatic rings. The first-order chi connectivity index (χ1) is 27.0. The normalized spacial score (nSPS) is 25.0. The second-order valence-electron chi connectivity index (χ2n) is 14.3. The van der Waals surface area contributed by atoms with Crippen molar-refractivity contribution in [2.75, 3.05) is 0 Å². The number of hydrogen-bond acceptors (Lipinski definition) is 6. The van der Waals surface area contributed by atoms with Crippen molar-refractivity contribution in [1.82, 2.24) is 0 Å². The van der Waals surface area contributed by atoms with Crippen LogP contribution in [0.5, 0.6) is 0 Å². The van der Waals surface area contributed by atoms with Crippen LogP contribution in [0.1, 0.15) is 128 Å². The minimum absolute atomic E-state index is 0. The maximum absolute atomic E-state index is 9.10. The molecule has 0 unspecified atom stereocenters. The van der Waals surface area contributed by atoms with Crippen molar-refractivity contribution < 1.29 is 198 Å². The summed E-state index contributed by atoms with van der Waals surface area (Å²) in [6.07, 6.45) is 21.2. The molecule has 5 aliphatic carbocycles. The summed E-state index contributed by atoms with van der Waals surface area (Å²) >= 11 is 0. The van der Waals surface area contributed by atoms with Gasteiger partial charge in [0.25, 0.3) is 0 Å². The number of nitrogens with one attached hydrogen (secondary N) is 10. The fraction of sp³-hybridized carbons (Fsp3) is 0.833. The predicted molar refractivity (Wildman–Crippen MR) is 241 cm³/mol. The van der Waals surface area contributed by atoms with Crippen molar-refractivity contribution in [3.8, 4) is 0 Å². The van der Waals surface area contributed by atoms with E-state index in [0.29, 0.717) is 0 Å². The SMILES string of the molecule is O.O.O.O.O.O.O=C(O)C(=O)O.O=C(O)C(=O)O.O=C(O)C(=O)O.[NH-][C@@H]1CCCC[C@H]1[NH-].[NH-][C@@H]1CCCC[C@H]1[NH-].[NH-][C@@H]1CCCC[C@H]1[NH-].[NH-][C@H]1CCCC[C@@H]1[NH-].[NH-][C@H]1CCCC[C@@H]1[NH-].[Pt+2].[Pt+2].[Pt+2].[Pt+2].[Pt+2]. The van der Waals surface area contributed by atoms with E-state index in [1.54, 1.807) is 0 Å². The summed E-state index contributed by atoms with van der Waals surface area (Å²) in [4.78, 5) is 54.6. The van der Waals surface area contributed by atoms with Gasteiger partial charge in [-0.3, -0.25) is 0 Å². The molecular weight excluding hydrogens is 1840 g/mol. The van der Waals surface area contributed by atoms with Crippen molar-refractivity contribution in [3.05, 3.63) is 57.3 Å². The molecule has 69 heavy (non-hydrogen) atoms. The van der Waals surface area contributed by atoms with Gasteiger partial charge >= 0.3 is 141 Å². The Hall–Kier alpha value is -0.378. The van der Waals surface area contributed by atoms with E-state index in [2.05, 4.69) is 0 Å². The van der Waals surface area contributed by atoms with Gasteiger partial charge in [-0.25, -0.2) is 28.8 Å². The van der Waals surface area contributed by atoms with Crippen LogP contribution in [0.4, 0.5) is 0 Å². The van der Waals surface area contributed by atoms with Gasteiger partial charge in [0.1, 0.15) is 0 Å². The molecule has 0 amide bonds. The first kappa shape index (κ1) is 105. The average Bonchev–Trinajstić information content (AvgIpc) is 3.16. The molecule has 0 aromatic heterocycles. The van der Waals surface area contributed by atoms with E-state index in [4.69, 9.17) is 117 Å². The maximum Gasteiger partial charge on any atom is 2.00 e. The van der Waals surface area contributed by atoms with Crippen LogP contribution < -0.4 is 0 Å². The van der Waals surface area contributed by atoms with E-state index in [0.717, 1.165) is 64.2 Å². The van der Waals surface area contributed by atoms with Crippen LogP contribution >= 0.6 is 0 Å². The van der Waals surface area contributed by atoms with Crippen molar-refractivity contribution in [2.45, 2.75) is 189 Å². The summed E-state index contributed by atoms with van der Waals surface area (Å²) < 4.78 is 0. The Kier molecular flexibility index (Phi) is 100. The van der Waals surface area contributed by atoms with E-state index < -0.39 is 35.8 Å².